The van der Waals surface area contributed by atoms with E-state index in [4.69, 9.17) is 23.2 Å². The number of hydrogen-bond acceptors (Lipinski definition) is 0. The van der Waals surface area contributed by atoms with Gasteiger partial charge in [-0.2, -0.15) is 0 Å². The molecule has 0 aliphatic carbocycles. The maximum Gasteiger partial charge on any atom is 0.142 e. The zero-order chi connectivity index (χ0) is 11.4. The summed E-state index contributed by atoms with van der Waals surface area (Å²) in [4.78, 5) is 0. The smallest absolute Gasteiger partial charge is 0.142 e. The molecule has 1 aromatic carbocycles. The van der Waals surface area contributed by atoms with E-state index in [2.05, 4.69) is 13.8 Å². The van der Waals surface area contributed by atoms with Gasteiger partial charge in [0, 0.05) is 5.88 Å². The predicted octanol–water partition coefficient (Wildman–Crippen LogP) is 4.53. The molecule has 1 atom stereocenters. The van der Waals surface area contributed by atoms with E-state index in [0.717, 1.165) is 12.0 Å². The lowest BCUT2D eigenvalue weighted by Gasteiger charge is -2.18. The lowest BCUT2D eigenvalue weighted by Crippen LogP contribution is -2.14. The molecular formula is C12H15Cl2F. The lowest BCUT2D eigenvalue weighted by molar-refractivity contribution is 0.421. The number of halogens is 3. The van der Waals surface area contributed by atoms with Crippen LogP contribution in [0.2, 0.25) is 5.02 Å². The average Bonchev–Trinajstić information content (AvgIpc) is 2.19. The highest BCUT2D eigenvalue weighted by atomic mass is 35.5. The van der Waals surface area contributed by atoms with Crippen molar-refractivity contribution in [3.05, 3.63) is 34.6 Å². The zero-order valence-corrected chi connectivity index (χ0v) is 10.4. The van der Waals surface area contributed by atoms with Gasteiger partial charge in [0.05, 0.1) is 5.02 Å². The number of benzene rings is 1. The van der Waals surface area contributed by atoms with E-state index in [1.54, 1.807) is 6.07 Å². The molecule has 84 valence electrons. The molecule has 1 unspecified atom stereocenters. The Balaban J connectivity index is 2.84. The second kappa shape index (κ2) is 5.72. The van der Waals surface area contributed by atoms with Crippen molar-refractivity contribution in [2.24, 2.45) is 11.8 Å². The Labute approximate surface area is 100 Å². The Bertz CT molecular complexity index is 323. The fourth-order valence-corrected chi connectivity index (χ4v) is 2.13. The fraction of sp³-hybridized carbons (Fsp3) is 0.500. The van der Waals surface area contributed by atoms with Gasteiger partial charge in [0.2, 0.25) is 0 Å². The summed E-state index contributed by atoms with van der Waals surface area (Å²) in [6, 6.07) is 4.91. The SMILES string of the molecule is CC(C)C(CCl)Cc1cccc(F)c1Cl. The number of rotatable bonds is 4. The summed E-state index contributed by atoms with van der Waals surface area (Å²) in [6.07, 6.45) is 0.734. The van der Waals surface area contributed by atoms with Gasteiger partial charge >= 0.3 is 0 Å². The molecule has 0 radical (unpaired) electrons. The highest BCUT2D eigenvalue weighted by Crippen LogP contribution is 2.25. The van der Waals surface area contributed by atoms with Gasteiger partial charge in [0.25, 0.3) is 0 Å². The normalized spacial score (nSPS) is 13.2. The molecule has 0 fully saturated rings. The molecule has 3 heteroatoms. The molecule has 1 rings (SSSR count). The van der Waals surface area contributed by atoms with Crippen LogP contribution in [-0.4, -0.2) is 5.88 Å². The van der Waals surface area contributed by atoms with E-state index in [9.17, 15) is 4.39 Å². The lowest BCUT2D eigenvalue weighted by atomic mass is 9.91. The highest BCUT2D eigenvalue weighted by molar-refractivity contribution is 6.31. The van der Waals surface area contributed by atoms with Crippen LogP contribution in [0.5, 0.6) is 0 Å². The summed E-state index contributed by atoms with van der Waals surface area (Å²) < 4.78 is 13.2. The topological polar surface area (TPSA) is 0 Å². The molecule has 0 nitrogen and oxygen atoms in total. The van der Waals surface area contributed by atoms with Crippen LogP contribution in [0.4, 0.5) is 4.39 Å². The van der Waals surface area contributed by atoms with Crippen molar-refractivity contribution in [1.82, 2.24) is 0 Å². The van der Waals surface area contributed by atoms with Gasteiger partial charge in [-0.3, -0.25) is 0 Å². The molecule has 15 heavy (non-hydrogen) atoms. The maximum absolute atomic E-state index is 13.2. The minimum Gasteiger partial charge on any atom is -0.205 e. The second-order valence-electron chi connectivity index (χ2n) is 4.08. The minimum absolute atomic E-state index is 0.230. The van der Waals surface area contributed by atoms with Crippen molar-refractivity contribution in [1.29, 1.82) is 0 Å². The maximum atomic E-state index is 13.2. The molecule has 0 aliphatic rings. The van der Waals surface area contributed by atoms with Gasteiger partial charge in [-0.25, -0.2) is 4.39 Å². The van der Waals surface area contributed by atoms with Crippen molar-refractivity contribution >= 4 is 23.2 Å². The Morgan fingerprint density at radius 1 is 1.33 bits per heavy atom. The Kier molecular flexibility index (Phi) is 4.88. The Hall–Kier alpha value is -0.270. The Morgan fingerprint density at radius 2 is 2.00 bits per heavy atom. The van der Waals surface area contributed by atoms with Gasteiger partial charge in [-0.1, -0.05) is 37.6 Å². The van der Waals surface area contributed by atoms with Gasteiger partial charge in [-0.15, -0.1) is 11.6 Å². The summed E-state index contributed by atoms with van der Waals surface area (Å²) in [5, 5.41) is 0.230. The summed E-state index contributed by atoms with van der Waals surface area (Å²) in [5.41, 5.74) is 0.844. The van der Waals surface area contributed by atoms with E-state index >= 15 is 0 Å². The van der Waals surface area contributed by atoms with Crippen molar-refractivity contribution in [3.8, 4) is 0 Å². The van der Waals surface area contributed by atoms with E-state index in [1.807, 2.05) is 6.07 Å². The fourth-order valence-electron chi connectivity index (χ4n) is 1.46. The van der Waals surface area contributed by atoms with Crippen LogP contribution < -0.4 is 0 Å². The van der Waals surface area contributed by atoms with Crippen LogP contribution in [0.3, 0.4) is 0 Å². The zero-order valence-electron chi connectivity index (χ0n) is 8.93. The molecule has 0 spiro atoms. The summed E-state index contributed by atoms with van der Waals surface area (Å²) >= 11 is 11.7. The first-order valence-electron chi connectivity index (χ1n) is 5.05. The first kappa shape index (κ1) is 12.8. The van der Waals surface area contributed by atoms with Crippen LogP contribution in [0, 0.1) is 17.7 Å². The molecule has 0 N–H and O–H groups in total. The monoisotopic (exact) mass is 248 g/mol. The summed E-state index contributed by atoms with van der Waals surface area (Å²) in [5.74, 6) is 1.03. The van der Waals surface area contributed by atoms with E-state index in [0.29, 0.717) is 17.7 Å². The van der Waals surface area contributed by atoms with Gasteiger partial charge in [0.1, 0.15) is 5.82 Å². The second-order valence-corrected chi connectivity index (χ2v) is 4.76. The summed E-state index contributed by atoms with van der Waals surface area (Å²) in [7, 11) is 0. The van der Waals surface area contributed by atoms with Gasteiger partial charge in [-0.05, 0) is 29.9 Å². The van der Waals surface area contributed by atoms with Gasteiger partial charge in [0.15, 0.2) is 0 Å². The highest BCUT2D eigenvalue weighted by Gasteiger charge is 2.15. The molecule has 0 saturated heterocycles. The van der Waals surface area contributed by atoms with E-state index in [-0.39, 0.29) is 10.8 Å². The summed E-state index contributed by atoms with van der Waals surface area (Å²) in [6.45, 7) is 4.22. The largest absolute Gasteiger partial charge is 0.205 e. The van der Waals surface area contributed by atoms with E-state index < -0.39 is 0 Å². The Morgan fingerprint density at radius 3 is 2.53 bits per heavy atom. The molecule has 0 bridgehead atoms. The standard InChI is InChI=1S/C12H15Cl2F/c1-8(2)10(7-13)6-9-4-3-5-11(15)12(9)14/h3-5,8,10H,6-7H2,1-2H3. The number of hydrogen-bond donors (Lipinski definition) is 0. The molecule has 0 aromatic heterocycles. The first-order valence-corrected chi connectivity index (χ1v) is 5.96. The quantitative estimate of drug-likeness (QED) is 0.687. The third-order valence-corrected chi connectivity index (χ3v) is 3.47. The molecular weight excluding hydrogens is 234 g/mol. The molecule has 1 aromatic rings. The van der Waals surface area contributed by atoms with Crippen LogP contribution in [0.15, 0.2) is 18.2 Å². The predicted molar refractivity (Wildman–Crippen MR) is 64.2 cm³/mol. The first-order chi connectivity index (χ1) is 7.06. The third kappa shape index (κ3) is 3.35. The molecule has 0 aliphatic heterocycles. The van der Waals surface area contributed by atoms with Crippen LogP contribution in [0.1, 0.15) is 19.4 Å². The average molecular weight is 249 g/mol. The van der Waals surface area contributed by atoms with Crippen molar-refractivity contribution < 1.29 is 4.39 Å². The minimum atomic E-state index is -0.355. The number of alkyl halides is 1. The van der Waals surface area contributed by atoms with Crippen molar-refractivity contribution in [2.75, 3.05) is 5.88 Å². The van der Waals surface area contributed by atoms with Crippen LogP contribution >= 0.6 is 23.2 Å². The van der Waals surface area contributed by atoms with Gasteiger partial charge < -0.3 is 0 Å². The molecule has 0 saturated carbocycles. The van der Waals surface area contributed by atoms with Crippen molar-refractivity contribution in [3.63, 3.8) is 0 Å². The van der Waals surface area contributed by atoms with E-state index in [1.165, 1.54) is 6.07 Å². The molecule has 0 heterocycles. The van der Waals surface area contributed by atoms with Crippen molar-refractivity contribution in [2.45, 2.75) is 20.3 Å². The third-order valence-electron chi connectivity index (χ3n) is 2.65. The van der Waals surface area contributed by atoms with Crippen LogP contribution in [-0.2, 0) is 6.42 Å². The molecule has 0 amide bonds. The van der Waals surface area contributed by atoms with Crippen LogP contribution in [0.25, 0.3) is 0 Å².